The number of carbonyl (C=O) groups is 2. The molecular formula is C27H23ClFN5O3S. The van der Waals surface area contributed by atoms with Crippen molar-refractivity contribution >= 4 is 61.5 Å². The molecule has 0 aliphatic heterocycles. The van der Waals surface area contributed by atoms with Crippen LogP contribution >= 0.6 is 22.9 Å². The molecule has 0 spiro atoms. The predicted molar refractivity (Wildman–Crippen MR) is 146 cm³/mol. The third kappa shape index (κ3) is 4.78. The van der Waals surface area contributed by atoms with Gasteiger partial charge in [0.2, 0.25) is 5.91 Å². The molecule has 0 radical (unpaired) electrons. The minimum Gasteiger partial charge on any atom is -0.453 e. The van der Waals surface area contributed by atoms with E-state index in [1.807, 2.05) is 6.07 Å². The molecule has 2 amide bonds. The van der Waals surface area contributed by atoms with Gasteiger partial charge in [0.1, 0.15) is 11.6 Å². The number of halogens is 2. The van der Waals surface area contributed by atoms with Crippen molar-refractivity contribution in [2.75, 3.05) is 16.4 Å². The highest BCUT2D eigenvalue weighted by atomic mass is 35.5. The Bertz CT molecular complexity index is 1620. The third-order valence-electron chi connectivity index (χ3n) is 6.71. The first-order chi connectivity index (χ1) is 18.2. The zero-order valence-corrected chi connectivity index (χ0v) is 21.6. The van der Waals surface area contributed by atoms with E-state index < -0.39 is 17.3 Å². The Morgan fingerprint density at radius 1 is 1.11 bits per heavy atom. The van der Waals surface area contributed by atoms with E-state index in [-0.39, 0.29) is 34.0 Å². The van der Waals surface area contributed by atoms with Gasteiger partial charge in [0, 0.05) is 23.1 Å². The quantitative estimate of drug-likeness (QED) is 0.208. The summed E-state index contributed by atoms with van der Waals surface area (Å²) >= 11 is 7.50. The SMILES string of the molecule is Nc1c(Oc2cc(NC(=O)c3cccc(C4(N)CC4)c3)c(F)cc2Cl)ccc2nc(NC(=O)C3CC3)sc12. The van der Waals surface area contributed by atoms with Crippen molar-refractivity contribution in [3.05, 3.63) is 70.5 Å². The number of rotatable bonds is 7. The van der Waals surface area contributed by atoms with E-state index in [4.69, 9.17) is 27.8 Å². The number of nitrogens with zero attached hydrogens (tertiary/aromatic N) is 1. The van der Waals surface area contributed by atoms with Crippen molar-refractivity contribution in [2.45, 2.75) is 31.2 Å². The molecule has 38 heavy (non-hydrogen) atoms. The number of amides is 2. The molecule has 0 saturated heterocycles. The lowest BCUT2D eigenvalue weighted by molar-refractivity contribution is -0.117. The zero-order valence-electron chi connectivity index (χ0n) is 20.0. The molecular weight excluding hydrogens is 529 g/mol. The summed E-state index contributed by atoms with van der Waals surface area (Å²) < 4.78 is 21.3. The van der Waals surface area contributed by atoms with Crippen molar-refractivity contribution in [3.63, 3.8) is 0 Å². The number of hydrogen-bond acceptors (Lipinski definition) is 7. The van der Waals surface area contributed by atoms with Gasteiger partial charge in [-0.2, -0.15) is 0 Å². The van der Waals surface area contributed by atoms with Crippen LogP contribution in [0.25, 0.3) is 10.2 Å². The van der Waals surface area contributed by atoms with Gasteiger partial charge in [-0.05, 0) is 61.6 Å². The second-order valence-corrected chi connectivity index (χ2v) is 11.1. The molecule has 2 saturated carbocycles. The zero-order chi connectivity index (χ0) is 26.6. The molecule has 6 N–H and O–H groups in total. The van der Waals surface area contributed by atoms with Gasteiger partial charge in [-0.15, -0.1) is 0 Å². The summed E-state index contributed by atoms with van der Waals surface area (Å²) in [5, 5.41) is 5.87. The van der Waals surface area contributed by atoms with E-state index in [2.05, 4.69) is 15.6 Å². The van der Waals surface area contributed by atoms with Crippen molar-refractivity contribution in [1.82, 2.24) is 4.98 Å². The lowest BCUT2D eigenvalue weighted by Crippen LogP contribution is -2.20. The van der Waals surface area contributed by atoms with Crippen molar-refractivity contribution in [1.29, 1.82) is 0 Å². The summed E-state index contributed by atoms with van der Waals surface area (Å²) in [7, 11) is 0. The number of carbonyl (C=O) groups excluding carboxylic acids is 2. The summed E-state index contributed by atoms with van der Waals surface area (Å²) in [5.74, 6) is -0.825. The number of ether oxygens (including phenoxy) is 1. The summed E-state index contributed by atoms with van der Waals surface area (Å²) in [6.07, 6.45) is 3.49. The lowest BCUT2D eigenvalue weighted by atomic mass is 10.0. The lowest BCUT2D eigenvalue weighted by Gasteiger charge is -2.14. The summed E-state index contributed by atoms with van der Waals surface area (Å²) in [6, 6.07) is 12.7. The van der Waals surface area contributed by atoms with Gasteiger partial charge in [-0.25, -0.2) is 9.37 Å². The number of thiazole rings is 1. The maximum absolute atomic E-state index is 14.7. The Labute approximate surface area is 226 Å². The topological polar surface area (TPSA) is 132 Å². The number of nitrogen functional groups attached to an aromatic ring is 1. The molecule has 3 aromatic carbocycles. The molecule has 0 atom stereocenters. The Balaban J connectivity index is 1.23. The molecule has 0 bridgehead atoms. The molecule has 0 unspecified atom stereocenters. The van der Waals surface area contributed by atoms with Crippen molar-refractivity contribution in [2.24, 2.45) is 11.7 Å². The van der Waals surface area contributed by atoms with Crippen LogP contribution in [0.15, 0.2) is 48.5 Å². The maximum Gasteiger partial charge on any atom is 0.255 e. The second-order valence-electron chi connectivity index (χ2n) is 9.66. The van der Waals surface area contributed by atoms with E-state index in [1.165, 1.54) is 17.4 Å². The Hall–Kier alpha value is -3.73. The number of anilines is 3. The molecule has 11 heteroatoms. The van der Waals surface area contributed by atoms with Crippen LogP contribution in [-0.2, 0) is 10.3 Å². The number of benzene rings is 3. The number of aromatic nitrogens is 1. The number of nitrogens with two attached hydrogens (primary N) is 2. The average molecular weight is 552 g/mol. The van der Waals surface area contributed by atoms with Crippen LogP contribution < -0.4 is 26.8 Å². The molecule has 1 aromatic heterocycles. The van der Waals surface area contributed by atoms with Crippen LogP contribution in [0, 0.1) is 11.7 Å². The molecule has 194 valence electrons. The van der Waals surface area contributed by atoms with Gasteiger partial charge in [0.15, 0.2) is 10.9 Å². The van der Waals surface area contributed by atoms with Crippen LogP contribution in [0.5, 0.6) is 11.5 Å². The minimum absolute atomic E-state index is 0.00231. The van der Waals surface area contributed by atoms with Crippen molar-refractivity contribution < 1.29 is 18.7 Å². The van der Waals surface area contributed by atoms with E-state index in [0.29, 0.717) is 26.6 Å². The normalized spacial score (nSPS) is 15.8. The van der Waals surface area contributed by atoms with Crippen LogP contribution in [0.2, 0.25) is 5.02 Å². The van der Waals surface area contributed by atoms with E-state index in [0.717, 1.165) is 37.3 Å². The van der Waals surface area contributed by atoms with Crippen LogP contribution in [0.3, 0.4) is 0 Å². The first-order valence-electron chi connectivity index (χ1n) is 12.1. The molecule has 2 fully saturated rings. The van der Waals surface area contributed by atoms with Gasteiger partial charge in [-0.3, -0.25) is 9.59 Å². The van der Waals surface area contributed by atoms with Gasteiger partial charge >= 0.3 is 0 Å². The second kappa shape index (κ2) is 9.23. The molecule has 8 nitrogen and oxygen atoms in total. The fourth-order valence-electron chi connectivity index (χ4n) is 4.10. The molecule has 6 rings (SSSR count). The highest BCUT2D eigenvalue weighted by Crippen LogP contribution is 2.43. The summed E-state index contributed by atoms with van der Waals surface area (Å²) in [6.45, 7) is 0. The fourth-order valence-corrected chi connectivity index (χ4v) is 5.21. The Morgan fingerprint density at radius 3 is 2.63 bits per heavy atom. The first-order valence-corrected chi connectivity index (χ1v) is 13.3. The van der Waals surface area contributed by atoms with Gasteiger partial charge in [0.05, 0.1) is 26.6 Å². The predicted octanol–water partition coefficient (Wildman–Crippen LogP) is 6.01. The summed E-state index contributed by atoms with van der Waals surface area (Å²) in [5.41, 5.74) is 14.2. The Morgan fingerprint density at radius 2 is 1.89 bits per heavy atom. The number of fused-ring (bicyclic) bond motifs is 1. The monoisotopic (exact) mass is 551 g/mol. The average Bonchev–Trinajstić information content (AvgIpc) is 3.83. The number of hydrogen-bond donors (Lipinski definition) is 4. The molecule has 2 aliphatic carbocycles. The fraction of sp³-hybridized carbons (Fsp3) is 0.222. The molecule has 1 heterocycles. The summed E-state index contributed by atoms with van der Waals surface area (Å²) in [4.78, 5) is 29.4. The smallest absolute Gasteiger partial charge is 0.255 e. The highest BCUT2D eigenvalue weighted by molar-refractivity contribution is 7.23. The van der Waals surface area contributed by atoms with E-state index in [9.17, 15) is 14.0 Å². The van der Waals surface area contributed by atoms with E-state index >= 15 is 0 Å². The largest absolute Gasteiger partial charge is 0.453 e. The minimum atomic E-state index is -0.716. The standard InChI is InChI=1S/C27H23ClFN5O3S/c28-16-11-17(29)19(32-25(36)14-2-1-3-15(10-14)27(31)8-9-27)12-21(16)37-20-7-6-18-23(22(20)30)38-26(33-18)34-24(35)13-4-5-13/h1-3,6-7,10-13H,4-5,8-9,30-31H2,(H,32,36)(H,33,34,35). The van der Waals surface area contributed by atoms with Gasteiger partial charge in [0.25, 0.3) is 5.91 Å². The molecule has 4 aromatic rings. The first kappa shape index (κ1) is 24.6. The molecule has 2 aliphatic rings. The maximum atomic E-state index is 14.7. The third-order valence-corrected chi connectivity index (χ3v) is 8.03. The van der Waals surface area contributed by atoms with Crippen molar-refractivity contribution in [3.8, 4) is 11.5 Å². The van der Waals surface area contributed by atoms with Crippen LogP contribution in [-0.4, -0.2) is 16.8 Å². The van der Waals surface area contributed by atoms with Gasteiger partial charge in [-0.1, -0.05) is 35.1 Å². The van der Waals surface area contributed by atoms with Crippen LogP contribution in [0.4, 0.5) is 20.9 Å². The highest BCUT2D eigenvalue weighted by Gasteiger charge is 2.40. The van der Waals surface area contributed by atoms with Crippen LogP contribution in [0.1, 0.15) is 41.6 Å². The Kier molecular flexibility index (Phi) is 5.97. The van der Waals surface area contributed by atoms with Gasteiger partial charge < -0.3 is 26.8 Å². The number of nitrogens with one attached hydrogen (secondary N) is 2. The van der Waals surface area contributed by atoms with E-state index in [1.54, 1.807) is 30.3 Å².